The lowest BCUT2D eigenvalue weighted by molar-refractivity contribution is -0.0117. The Hall–Kier alpha value is -1.16. The number of carbonyl (C=O) groups excluding carboxylic acids is 1. The van der Waals surface area contributed by atoms with Crippen molar-refractivity contribution in [3.8, 4) is 0 Å². The van der Waals surface area contributed by atoms with Crippen LogP contribution in [-0.2, 0) is 6.54 Å². The lowest BCUT2D eigenvalue weighted by Gasteiger charge is -2.53. The molecule has 0 saturated heterocycles. The highest BCUT2D eigenvalue weighted by atomic mass is 16.4. The van der Waals surface area contributed by atoms with Crippen LogP contribution in [0, 0.1) is 23.7 Å². The molecule has 6 rings (SSSR count). The van der Waals surface area contributed by atoms with Gasteiger partial charge >= 0.3 is 0 Å². The molecule has 4 bridgehead atoms. The Labute approximate surface area is 118 Å². The number of Topliss-reactive ketones (excluding diaryl/α,β-unsaturated/α-hetero) is 1. The first-order valence-electron chi connectivity index (χ1n) is 8.01. The molecule has 4 heteroatoms. The van der Waals surface area contributed by atoms with Crippen LogP contribution in [0.2, 0.25) is 0 Å². The molecule has 5 aliphatic rings. The Kier molecular flexibility index (Phi) is 2.26. The van der Waals surface area contributed by atoms with Crippen LogP contribution in [0.15, 0.2) is 4.42 Å². The number of aromatic nitrogens is 1. The van der Waals surface area contributed by atoms with E-state index in [0.29, 0.717) is 24.7 Å². The molecule has 0 amide bonds. The zero-order chi connectivity index (χ0) is 13.3. The van der Waals surface area contributed by atoms with Crippen LogP contribution in [0.3, 0.4) is 0 Å². The van der Waals surface area contributed by atoms with Crippen LogP contribution in [0.25, 0.3) is 0 Å². The average Bonchev–Trinajstić information content (AvgIpc) is 2.82. The third-order valence-electron chi connectivity index (χ3n) is 6.06. The van der Waals surface area contributed by atoms with Crippen molar-refractivity contribution < 1.29 is 9.21 Å². The van der Waals surface area contributed by atoms with Crippen molar-refractivity contribution in [2.45, 2.75) is 44.6 Å². The van der Waals surface area contributed by atoms with Gasteiger partial charge in [0.2, 0.25) is 0 Å². The van der Waals surface area contributed by atoms with E-state index in [9.17, 15) is 4.79 Å². The van der Waals surface area contributed by atoms with Gasteiger partial charge in [-0.1, -0.05) is 0 Å². The van der Waals surface area contributed by atoms with Crippen molar-refractivity contribution in [2.24, 2.45) is 23.7 Å². The predicted molar refractivity (Wildman–Crippen MR) is 72.3 cm³/mol. The average molecular weight is 272 g/mol. The van der Waals surface area contributed by atoms with Gasteiger partial charge in [-0.3, -0.25) is 4.79 Å². The lowest BCUT2D eigenvalue weighted by atomic mass is 9.52. The number of carbonyl (C=O) groups is 1. The molecule has 0 radical (unpaired) electrons. The van der Waals surface area contributed by atoms with E-state index in [1.807, 2.05) is 0 Å². The fourth-order valence-electron chi connectivity index (χ4n) is 5.55. The van der Waals surface area contributed by atoms with Gasteiger partial charge in [0.1, 0.15) is 5.76 Å². The van der Waals surface area contributed by atoms with Gasteiger partial charge in [0, 0.05) is 5.92 Å². The smallest absolute Gasteiger partial charge is 0.198 e. The molecule has 0 aromatic carbocycles. The fourth-order valence-corrected chi connectivity index (χ4v) is 5.55. The quantitative estimate of drug-likeness (QED) is 0.853. The van der Waals surface area contributed by atoms with E-state index < -0.39 is 0 Å². The molecular formula is C16H20N2O2. The Morgan fingerprint density at radius 3 is 2.35 bits per heavy atom. The molecule has 106 valence electrons. The molecule has 4 fully saturated rings. The molecule has 0 atom stereocenters. The summed E-state index contributed by atoms with van der Waals surface area (Å²) in [4.78, 5) is 16.5. The highest BCUT2D eigenvalue weighted by Gasteiger charge is 2.50. The van der Waals surface area contributed by atoms with Crippen molar-refractivity contribution in [3.63, 3.8) is 0 Å². The van der Waals surface area contributed by atoms with E-state index in [0.717, 1.165) is 35.3 Å². The first-order chi connectivity index (χ1) is 9.78. The van der Waals surface area contributed by atoms with Crippen LogP contribution in [0.1, 0.15) is 60.2 Å². The molecule has 1 N–H and O–H groups in total. The number of ketones is 1. The summed E-state index contributed by atoms with van der Waals surface area (Å²) in [5.41, 5.74) is 0.604. The standard InChI is InChI=1S/C16H20N2O2/c19-12-6-17-7-13-15(12)18-16(20-13)14-10-2-8-1-9(4-10)5-11(14)3-8/h8-11,14,17H,1-7H2. The molecule has 4 saturated carbocycles. The van der Waals surface area contributed by atoms with Gasteiger partial charge in [-0.05, 0) is 55.8 Å². The van der Waals surface area contributed by atoms with Crippen molar-refractivity contribution in [1.82, 2.24) is 10.3 Å². The number of rotatable bonds is 1. The maximum absolute atomic E-state index is 11.9. The predicted octanol–water partition coefficient (Wildman–Crippen LogP) is 2.50. The minimum absolute atomic E-state index is 0.0880. The maximum atomic E-state index is 11.9. The van der Waals surface area contributed by atoms with Crippen LogP contribution >= 0.6 is 0 Å². The Morgan fingerprint density at radius 2 is 1.70 bits per heavy atom. The maximum Gasteiger partial charge on any atom is 0.198 e. The first-order valence-corrected chi connectivity index (χ1v) is 8.01. The summed E-state index contributed by atoms with van der Waals surface area (Å²) in [6, 6.07) is 0. The molecule has 2 heterocycles. The highest BCUT2D eigenvalue weighted by Crippen LogP contribution is 2.59. The van der Waals surface area contributed by atoms with E-state index in [2.05, 4.69) is 10.3 Å². The van der Waals surface area contributed by atoms with E-state index >= 15 is 0 Å². The van der Waals surface area contributed by atoms with E-state index in [4.69, 9.17) is 4.42 Å². The largest absolute Gasteiger partial charge is 0.443 e. The van der Waals surface area contributed by atoms with Crippen LogP contribution < -0.4 is 5.32 Å². The second-order valence-corrected chi connectivity index (χ2v) is 7.31. The second-order valence-electron chi connectivity index (χ2n) is 7.31. The zero-order valence-electron chi connectivity index (χ0n) is 11.6. The van der Waals surface area contributed by atoms with Gasteiger partial charge in [0.25, 0.3) is 0 Å². The topological polar surface area (TPSA) is 55.1 Å². The van der Waals surface area contributed by atoms with Gasteiger partial charge in [-0.2, -0.15) is 0 Å². The van der Waals surface area contributed by atoms with Gasteiger partial charge in [0.05, 0.1) is 13.1 Å². The van der Waals surface area contributed by atoms with Gasteiger partial charge in [-0.25, -0.2) is 4.98 Å². The summed E-state index contributed by atoms with van der Waals surface area (Å²) in [6.07, 6.45) is 6.89. The van der Waals surface area contributed by atoms with Crippen molar-refractivity contribution in [2.75, 3.05) is 6.54 Å². The van der Waals surface area contributed by atoms with E-state index in [-0.39, 0.29) is 5.78 Å². The molecule has 20 heavy (non-hydrogen) atoms. The minimum atomic E-state index is 0.0880. The Morgan fingerprint density at radius 1 is 1.00 bits per heavy atom. The molecule has 0 spiro atoms. The highest BCUT2D eigenvalue weighted by molar-refractivity contribution is 5.97. The van der Waals surface area contributed by atoms with Gasteiger partial charge < -0.3 is 9.73 Å². The lowest BCUT2D eigenvalue weighted by Crippen LogP contribution is -2.43. The number of nitrogens with one attached hydrogen (secondary N) is 1. The summed E-state index contributed by atoms with van der Waals surface area (Å²) in [5.74, 6) is 5.66. The van der Waals surface area contributed by atoms with Gasteiger partial charge in [0.15, 0.2) is 17.4 Å². The number of oxazole rings is 1. The fraction of sp³-hybridized carbons (Fsp3) is 0.750. The normalized spacial score (nSPS) is 42.0. The second kappa shape index (κ2) is 3.94. The van der Waals surface area contributed by atoms with Crippen molar-refractivity contribution in [1.29, 1.82) is 0 Å². The van der Waals surface area contributed by atoms with Crippen LogP contribution in [0.4, 0.5) is 0 Å². The minimum Gasteiger partial charge on any atom is -0.443 e. The van der Waals surface area contributed by atoms with Crippen LogP contribution in [0.5, 0.6) is 0 Å². The summed E-state index contributed by atoms with van der Waals surface area (Å²) in [6.45, 7) is 1.06. The molecule has 0 unspecified atom stereocenters. The number of nitrogens with zero attached hydrogens (tertiary/aromatic N) is 1. The Bertz CT molecular complexity index is 549. The third-order valence-corrected chi connectivity index (χ3v) is 6.06. The Balaban J connectivity index is 1.53. The number of hydrogen-bond acceptors (Lipinski definition) is 4. The summed E-state index contributed by atoms with van der Waals surface area (Å²) in [5, 5.41) is 3.09. The SMILES string of the molecule is O=C1CNCc2oc(C3C4CC5CC(C4)CC3C5)nc21. The molecular weight excluding hydrogens is 252 g/mol. The summed E-state index contributed by atoms with van der Waals surface area (Å²) in [7, 11) is 0. The first kappa shape index (κ1) is 11.5. The molecule has 4 nitrogen and oxygen atoms in total. The molecule has 4 aliphatic carbocycles. The van der Waals surface area contributed by atoms with Crippen molar-refractivity contribution in [3.05, 3.63) is 17.3 Å². The van der Waals surface area contributed by atoms with E-state index in [1.165, 1.54) is 32.1 Å². The number of fused-ring (bicyclic) bond motifs is 1. The monoisotopic (exact) mass is 272 g/mol. The molecule has 1 aromatic rings. The van der Waals surface area contributed by atoms with Gasteiger partial charge in [-0.15, -0.1) is 0 Å². The third kappa shape index (κ3) is 1.51. The summed E-state index contributed by atoms with van der Waals surface area (Å²) >= 11 is 0. The van der Waals surface area contributed by atoms with Crippen molar-refractivity contribution >= 4 is 5.78 Å². The summed E-state index contributed by atoms with van der Waals surface area (Å²) < 4.78 is 6.01. The number of hydrogen-bond donors (Lipinski definition) is 1. The van der Waals surface area contributed by atoms with Crippen LogP contribution in [-0.4, -0.2) is 17.3 Å². The van der Waals surface area contributed by atoms with E-state index in [1.54, 1.807) is 0 Å². The molecule has 1 aromatic heterocycles. The molecule has 1 aliphatic heterocycles. The zero-order valence-corrected chi connectivity index (χ0v) is 11.6.